The lowest BCUT2D eigenvalue weighted by Crippen LogP contribution is -2.42. The summed E-state index contributed by atoms with van der Waals surface area (Å²) >= 11 is 0. The Bertz CT molecular complexity index is 458. The lowest BCUT2D eigenvalue weighted by molar-refractivity contribution is -0.142. The van der Waals surface area contributed by atoms with Gasteiger partial charge in [0, 0.05) is 0 Å². The van der Waals surface area contributed by atoms with E-state index in [4.69, 9.17) is 15.2 Å². The van der Waals surface area contributed by atoms with E-state index in [2.05, 4.69) is 0 Å². The number of carbonyl (C=O) groups excluding carboxylic acids is 1. The first-order valence-electron chi connectivity index (χ1n) is 6.12. The van der Waals surface area contributed by atoms with Crippen LogP contribution in [0.1, 0.15) is 30.4 Å². The van der Waals surface area contributed by atoms with Crippen molar-refractivity contribution in [1.29, 1.82) is 0 Å². The van der Waals surface area contributed by atoms with Crippen molar-refractivity contribution in [3.8, 4) is 5.75 Å². The van der Waals surface area contributed by atoms with Gasteiger partial charge in [0.15, 0.2) is 0 Å². The summed E-state index contributed by atoms with van der Waals surface area (Å²) in [6.07, 6.45) is 3.00. The van der Waals surface area contributed by atoms with E-state index in [1.54, 1.807) is 7.11 Å². The Hall–Kier alpha value is -1.55. The molecule has 18 heavy (non-hydrogen) atoms. The topological polar surface area (TPSA) is 61.5 Å². The van der Waals surface area contributed by atoms with Gasteiger partial charge >= 0.3 is 5.97 Å². The highest BCUT2D eigenvalue weighted by molar-refractivity contribution is 5.71. The molecule has 0 spiro atoms. The van der Waals surface area contributed by atoms with Gasteiger partial charge in [-0.1, -0.05) is 6.07 Å². The third-order valence-electron chi connectivity index (χ3n) is 3.61. The van der Waals surface area contributed by atoms with Crippen molar-refractivity contribution < 1.29 is 14.3 Å². The molecule has 0 heterocycles. The zero-order valence-electron chi connectivity index (χ0n) is 10.9. The molecule has 0 radical (unpaired) electrons. The minimum Gasteiger partial charge on any atom is -0.497 e. The molecule has 0 amide bonds. The van der Waals surface area contributed by atoms with Crippen molar-refractivity contribution in [2.24, 2.45) is 5.73 Å². The smallest absolute Gasteiger partial charge is 0.307 e. The quantitative estimate of drug-likeness (QED) is 0.829. The normalized spacial score (nSPS) is 22.2. The summed E-state index contributed by atoms with van der Waals surface area (Å²) in [6, 6.07) is 5.91. The maximum absolute atomic E-state index is 11.5. The number of nitrogens with two attached hydrogens (primary N) is 1. The fraction of sp³-hybridized carbons (Fsp3) is 0.500. The van der Waals surface area contributed by atoms with Gasteiger partial charge in [0.1, 0.15) is 5.75 Å². The Labute approximate surface area is 107 Å². The summed E-state index contributed by atoms with van der Waals surface area (Å²) in [5.74, 6) is 0.503. The summed E-state index contributed by atoms with van der Waals surface area (Å²) in [6.45, 7) is 0. The third-order valence-corrected chi connectivity index (χ3v) is 3.61. The molecule has 1 aromatic carbocycles. The van der Waals surface area contributed by atoms with Gasteiger partial charge in [-0.05, 0) is 42.5 Å². The number of esters is 1. The van der Waals surface area contributed by atoms with Crippen LogP contribution in [0.25, 0.3) is 0 Å². The number of rotatable bonds is 3. The van der Waals surface area contributed by atoms with Crippen molar-refractivity contribution >= 4 is 5.97 Å². The number of hydrogen-bond acceptors (Lipinski definition) is 4. The summed E-state index contributed by atoms with van der Waals surface area (Å²) in [7, 11) is 3.02. The van der Waals surface area contributed by atoms with Gasteiger partial charge in [0.25, 0.3) is 0 Å². The highest BCUT2D eigenvalue weighted by Crippen LogP contribution is 2.37. The molecule has 0 fully saturated rings. The van der Waals surface area contributed by atoms with Crippen LogP contribution in [0.5, 0.6) is 5.75 Å². The first kappa shape index (κ1) is 12.9. The lowest BCUT2D eigenvalue weighted by Gasteiger charge is -2.35. The maximum Gasteiger partial charge on any atom is 0.307 e. The molecule has 1 aliphatic rings. The van der Waals surface area contributed by atoms with E-state index in [9.17, 15) is 4.79 Å². The van der Waals surface area contributed by atoms with Gasteiger partial charge in [-0.2, -0.15) is 0 Å². The molecule has 4 heteroatoms. The monoisotopic (exact) mass is 249 g/mol. The molecule has 98 valence electrons. The average molecular weight is 249 g/mol. The maximum atomic E-state index is 11.5. The standard InChI is InChI=1S/C14H19NO3/c1-17-11-6-5-10-4-3-7-14(15,12(10)8-11)9-13(16)18-2/h5-6,8H,3-4,7,9,15H2,1-2H3. The molecule has 4 nitrogen and oxygen atoms in total. The number of aryl methyl sites for hydroxylation is 1. The van der Waals surface area contributed by atoms with Gasteiger partial charge in [-0.15, -0.1) is 0 Å². The molecular formula is C14H19NO3. The molecule has 1 aliphatic carbocycles. The van der Waals surface area contributed by atoms with Crippen LogP contribution < -0.4 is 10.5 Å². The SMILES string of the molecule is COC(=O)CC1(N)CCCc2ccc(OC)cc21. The van der Waals surface area contributed by atoms with Crippen LogP contribution >= 0.6 is 0 Å². The predicted octanol–water partition coefficient (Wildman–Crippen LogP) is 1.75. The van der Waals surface area contributed by atoms with E-state index in [-0.39, 0.29) is 12.4 Å². The number of hydrogen-bond donors (Lipinski definition) is 1. The highest BCUT2D eigenvalue weighted by Gasteiger charge is 2.35. The van der Waals surface area contributed by atoms with E-state index in [0.29, 0.717) is 0 Å². The Balaban J connectivity index is 2.38. The number of carbonyl (C=O) groups is 1. The van der Waals surface area contributed by atoms with E-state index in [0.717, 1.165) is 30.6 Å². The Morgan fingerprint density at radius 2 is 2.22 bits per heavy atom. The first-order chi connectivity index (χ1) is 8.59. The van der Waals surface area contributed by atoms with Crippen molar-refractivity contribution in [3.05, 3.63) is 29.3 Å². The van der Waals surface area contributed by atoms with Gasteiger partial charge in [0.05, 0.1) is 26.2 Å². The van der Waals surface area contributed by atoms with Crippen molar-refractivity contribution in [1.82, 2.24) is 0 Å². The molecule has 0 aromatic heterocycles. The van der Waals surface area contributed by atoms with Gasteiger partial charge in [-0.3, -0.25) is 4.79 Å². The zero-order valence-corrected chi connectivity index (χ0v) is 10.9. The summed E-state index contributed by atoms with van der Waals surface area (Å²) in [4.78, 5) is 11.5. The van der Waals surface area contributed by atoms with E-state index in [1.165, 1.54) is 12.7 Å². The molecular weight excluding hydrogens is 230 g/mol. The van der Waals surface area contributed by atoms with Crippen LogP contribution in [0.15, 0.2) is 18.2 Å². The molecule has 1 atom stereocenters. The predicted molar refractivity (Wildman–Crippen MR) is 68.4 cm³/mol. The lowest BCUT2D eigenvalue weighted by atomic mass is 9.75. The number of methoxy groups -OCH3 is 2. The molecule has 1 aromatic rings. The number of benzene rings is 1. The van der Waals surface area contributed by atoms with Gasteiger partial charge in [-0.25, -0.2) is 0 Å². The van der Waals surface area contributed by atoms with Crippen LogP contribution in [-0.4, -0.2) is 20.2 Å². The molecule has 2 rings (SSSR count). The molecule has 2 N–H and O–H groups in total. The molecule has 1 unspecified atom stereocenters. The first-order valence-corrected chi connectivity index (χ1v) is 6.12. The van der Waals surface area contributed by atoms with Crippen molar-refractivity contribution in [3.63, 3.8) is 0 Å². The minimum atomic E-state index is -0.630. The molecule has 0 saturated carbocycles. The number of fused-ring (bicyclic) bond motifs is 1. The van der Waals surface area contributed by atoms with Gasteiger partial charge in [0.2, 0.25) is 0 Å². The Kier molecular flexibility index (Phi) is 3.57. The summed E-state index contributed by atoms with van der Waals surface area (Å²) in [5, 5.41) is 0. The highest BCUT2D eigenvalue weighted by atomic mass is 16.5. The third kappa shape index (κ3) is 2.34. The van der Waals surface area contributed by atoms with Crippen molar-refractivity contribution in [2.75, 3.05) is 14.2 Å². The molecule has 0 bridgehead atoms. The number of ether oxygens (including phenoxy) is 2. The van der Waals surface area contributed by atoms with Crippen LogP contribution in [0.4, 0.5) is 0 Å². The largest absolute Gasteiger partial charge is 0.497 e. The van der Waals surface area contributed by atoms with Crippen molar-refractivity contribution in [2.45, 2.75) is 31.2 Å². The molecule has 0 saturated heterocycles. The minimum absolute atomic E-state index is 0.212. The second-order valence-corrected chi connectivity index (χ2v) is 4.79. The molecule has 0 aliphatic heterocycles. The Morgan fingerprint density at radius 1 is 1.44 bits per heavy atom. The second-order valence-electron chi connectivity index (χ2n) is 4.79. The fourth-order valence-corrected chi connectivity index (χ4v) is 2.61. The summed E-state index contributed by atoms with van der Waals surface area (Å²) < 4.78 is 9.97. The summed E-state index contributed by atoms with van der Waals surface area (Å²) in [5.41, 5.74) is 8.00. The van der Waals surface area contributed by atoms with E-state index < -0.39 is 5.54 Å². The average Bonchev–Trinajstić information content (AvgIpc) is 2.38. The van der Waals surface area contributed by atoms with Crippen LogP contribution in [-0.2, 0) is 21.5 Å². The van der Waals surface area contributed by atoms with Gasteiger partial charge < -0.3 is 15.2 Å². The van der Waals surface area contributed by atoms with Crippen LogP contribution in [0, 0.1) is 0 Å². The van der Waals surface area contributed by atoms with E-state index in [1.807, 2.05) is 18.2 Å². The zero-order chi connectivity index (χ0) is 13.2. The van der Waals surface area contributed by atoms with E-state index >= 15 is 0 Å². The van der Waals surface area contributed by atoms with Crippen LogP contribution in [0.3, 0.4) is 0 Å². The van der Waals surface area contributed by atoms with Crippen LogP contribution in [0.2, 0.25) is 0 Å². The Morgan fingerprint density at radius 3 is 2.89 bits per heavy atom. The fourth-order valence-electron chi connectivity index (χ4n) is 2.61. The second kappa shape index (κ2) is 4.98.